The molecule has 0 radical (unpaired) electrons. The number of nitrogens with one attached hydrogen (secondary N) is 1. The Morgan fingerprint density at radius 3 is 2.53 bits per heavy atom. The molecule has 0 aliphatic carbocycles. The molecule has 6 nitrogen and oxygen atoms in total. The van der Waals surface area contributed by atoms with Crippen molar-refractivity contribution in [2.75, 3.05) is 37.9 Å². The topological polar surface area (TPSA) is 83.6 Å². The molecule has 1 atom stereocenters. The van der Waals surface area contributed by atoms with Crippen LogP contribution in [0.5, 0.6) is 0 Å². The van der Waals surface area contributed by atoms with E-state index in [9.17, 15) is 16.8 Å². The van der Waals surface area contributed by atoms with Crippen molar-refractivity contribution >= 4 is 19.9 Å². The van der Waals surface area contributed by atoms with Crippen molar-refractivity contribution in [1.29, 1.82) is 0 Å². The van der Waals surface area contributed by atoms with E-state index in [0.29, 0.717) is 13.0 Å². The summed E-state index contributed by atoms with van der Waals surface area (Å²) in [4.78, 5) is 0. The first-order valence-electron chi connectivity index (χ1n) is 5.57. The molecule has 1 saturated heterocycles. The fourth-order valence-corrected chi connectivity index (χ4v) is 4.17. The van der Waals surface area contributed by atoms with Gasteiger partial charge in [-0.1, -0.05) is 0 Å². The first-order chi connectivity index (χ1) is 7.73. The van der Waals surface area contributed by atoms with Crippen molar-refractivity contribution in [3.63, 3.8) is 0 Å². The second-order valence-electron chi connectivity index (χ2n) is 4.51. The lowest BCUT2D eigenvalue weighted by atomic mass is 10.2. The van der Waals surface area contributed by atoms with Crippen molar-refractivity contribution in [3.05, 3.63) is 0 Å². The maximum atomic E-state index is 11.5. The molecule has 0 saturated carbocycles. The van der Waals surface area contributed by atoms with E-state index in [1.807, 2.05) is 0 Å². The highest BCUT2D eigenvalue weighted by Gasteiger charge is 2.24. The Balaban J connectivity index is 2.37. The maximum absolute atomic E-state index is 11.5. The molecule has 1 aliphatic heterocycles. The number of sulfone groups is 1. The van der Waals surface area contributed by atoms with Gasteiger partial charge in [-0.25, -0.2) is 21.1 Å². The fourth-order valence-electron chi connectivity index (χ4n) is 1.76. The van der Waals surface area contributed by atoms with Gasteiger partial charge in [0.25, 0.3) is 0 Å². The third-order valence-corrected chi connectivity index (χ3v) is 6.47. The van der Waals surface area contributed by atoms with Crippen LogP contribution in [0.25, 0.3) is 0 Å². The minimum absolute atomic E-state index is 0.00342. The predicted molar refractivity (Wildman–Crippen MR) is 67.2 cm³/mol. The van der Waals surface area contributed by atoms with E-state index in [2.05, 4.69) is 5.32 Å². The molecule has 1 N–H and O–H groups in total. The standard InChI is InChI=1S/C9H20N2O4S2/c1-11(2)17(14,15)7-5-10-9-4-3-6-16(12,13)8-9/h9-10H,3-8H2,1-2H3. The zero-order valence-electron chi connectivity index (χ0n) is 10.2. The summed E-state index contributed by atoms with van der Waals surface area (Å²) in [6.45, 7) is 0.292. The highest BCUT2D eigenvalue weighted by Crippen LogP contribution is 2.11. The first-order valence-corrected chi connectivity index (χ1v) is 9.00. The van der Waals surface area contributed by atoms with Gasteiger partial charge in [0.15, 0.2) is 9.84 Å². The van der Waals surface area contributed by atoms with Crippen LogP contribution in [0.2, 0.25) is 0 Å². The van der Waals surface area contributed by atoms with Gasteiger partial charge < -0.3 is 5.32 Å². The van der Waals surface area contributed by atoms with Gasteiger partial charge in [-0.15, -0.1) is 0 Å². The minimum Gasteiger partial charge on any atom is -0.312 e. The van der Waals surface area contributed by atoms with Crippen LogP contribution in [0.15, 0.2) is 0 Å². The quantitative estimate of drug-likeness (QED) is 0.703. The average molecular weight is 284 g/mol. The number of hydrogen-bond donors (Lipinski definition) is 1. The van der Waals surface area contributed by atoms with Crippen molar-refractivity contribution in [2.24, 2.45) is 0 Å². The molecule has 0 spiro atoms. The number of hydrogen-bond acceptors (Lipinski definition) is 5. The third-order valence-electron chi connectivity index (χ3n) is 2.81. The molecule has 8 heteroatoms. The zero-order chi connectivity index (χ0) is 13.1. The summed E-state index contributed by atoms with van der Waals surface area (Å²) >= 11 is 0. The van der Waals surface area contributed by atoms with E-state index in [-0.39, 0.29) is 23.3 Å². The lowest BCUT2D eigenvalue weighted by molar-refractivity contribution is 0.483. The zero-order valence-corrected chi connectivity index (χ0v) is 11.8. The SMILES string of the molecule is CN(C)S(=O)(=O)CCNC1CCCS(=O)(=O)C1. The van der Waals surface area contributed by atoms with Crippen molar-refractivity contribution < 1.29 is 16.8 Å². The lowest BCUT2D eigenvalue weighted by Crippen LogP contribution is -2.42. The van der Waals surface area contributed by atoms with Gasteiger partial charge in [0.05, 0.1) is 17.3 Å². The molecular formula is C9H20N2O4S2. The van der Waals surface area contributed by atoms with Crippen molar-refractivity contribution in [3.8, 4) is 0 Å². The van der Waals surface area contributed by atoms with Crippen molar-refractivity contribution in [2.45, 2.75) is 18.9 Å². The Morgan fingerprint density at radius 1 is 1.35 bits per heavy atom. The molecule has 1 unspecified atom stereocenters. The average Bonchev–Trinajstić information content (AvgIpc) is 2.15. The van der Waals surface area contributed by atoms with Gasteiger partial charge in [-0.05, 0) is 12.8 Å². The molecule has 17 heavy (non-hydrogen) atoms. The van der Waals surface area contributed by atoms with Crippen LogP contribution in [-0.2, 0) is 19.9 Å². The van der Waals surface area contributed by atoms with Crippen LogP contribution >= 0.6 is 0 Å². The smallest absolute Gasteiger partial charge is 0.214 e. The Kier molecular flexibility index (Phi) is 4.94. The Labute approximate surface area is 103 Å². The number of rotatable bonds is 5. The molecule has 0 aromatic rings. The third kappa shape index (κ3) is 4.90. The highest BCUT2D eigenvalue weighted by molar-refractivity contribution is 7.91. The summed E-state index contributed by atoms with van der Waals surface area (Å²) in [5, 5.41) is 3.00. The Bertz CT molecular complexity index is 442. The molecule has 1 heterocycles. The normalized spacial score (nSPS) is 25.0. The lowest BCUT2D eigenvalue weighted by Gasteiger charge is -2.23. The van der Waals surface area contributed by atoms with E-state index >= 15 is 0 Å². The van der Waals surface area contributed by atoms with Crippen LogP contribution in [0.3, 0.4) is 0 Å². The molecule has 0 amide bonds. The highest BCUT2D eigenvalue weighted by atomic mass is 32.2. The summed E-state index contributed by atoms with van der Waals surface area (Å²) in [6, 6.07) is -0.105. The van der Waals surface area contributed by atoms with Gasteiger partial charge in [-0.2, -0.15) is 0 Å². The number of nitrogens with zero attached hydrogens (tertiary/aromatic N) is 1. The van der Waals surface area contributed by atoms with Crippen LogP contribution in [0.1, 0.15) is 12.8 Å². The van der Waals surface area contributed by atoms with E-state index in [4.69, 9.17) is 0 Å². The van der Waals surface area contributed by atoms with Gasteiger partial charge in [0.1, 0.15) is 0 Å². The monoisotopic (exact) mass is 284 g/mol. The van der Waals surface area contributed by atoms with Crippen molar-refractivity contribution in [1.82, 2.24) is 9.62 Å². The predicted octanol–water partition coefficient (Wildman–Crippen LogP) is -0.955. The van der Waals surface area contributed by atoms with E-state index < -0.39 is 19.9 Å². The maximum Gasteiger partial charge on any atom is 0.214 e. The van der Waals surface area contributed by atoms with Crippen LogP contribution < -0.4 is 5.32 Å². The first kappa shape index (κ1) is 14.9. The fraction of sp³-hybridized carbons (Fsp3) is 1.00. The Morgan fingerprint density at radius 2 is 2.00 bits per heavy atom. The second-order valence-corrected chi connectivity index (χ2v) is 9.04. The Hall–Kier alpha value is -0.180. The molecule has 0 aromatic carbocycles. The van der Waals surface area contributed by atoms with Crippen LogP contribution in [0, 0.1) is 0 Å². The molecule has 0 aromatic heterocycles. The summed E-state index contributed by atoms with van der Waals surface area (Å²) in [5.41, 5.74) is 0. The second kappa shape index (κ2) is 5.64. The summed E-state index contributed by atoms with van der Waals surface area (Å²) in [5.74, 6) is 0.368. The minimum atomic E-state index is -3.21. The van der Waals surface area contributed by atoms with Crippen LogP contribution in [-0.4, -0.2) is 65.1 Å². The number of sulfonamides is 1. The van der Waals surface area contributed by atoms with Gasteiger partial charge in [0, 0.05) is 26.7 Å². The molecule has 1 rings (SSSR count). The molecule has 1 aliphatic rings. The molecule has 1 fully saturated rings. The largest absolute Gasteiger partial charge is 0.312 e. The van der Waals surface area contributed by atoms with E-state index in [1.54, 1.807) is 0 Å². The van der Waals surface area contributed by atoms with Gasteiger partial charge >= 0.3 is 0 Å². The van der Waals surface area contributed by atoms with Crippen LogP contribution in [0.4, 0.5) is 0 Å². The van der Waals surface area contributed by atoms with E-state index in [1.165, 1.54) is 18.4 Å². The summed E-state index contributed by atoms with van der Waals surface area (Å²) in [6.07, 6.45) is 1.45. The van der Waals surface area contributed by atoms with Gasteiger partial charge in [-0.3, -0.25) is 0 Å². The molecule has 102 valence electrons. The molecular weight excluding hydrogens is 264 g/mol. The summed E-state index contributed by atoms with van der Waals surface area (Å²) < 4.78 is 46.8. The summed E-state index contributed by atoms with van der Waals surface area (Å²) in [7, 11) is -3.17. The van der Waals surface area contributed by atoms with Gasteiger partial charge in [0.2, 0.25) is 10.0 Å². The molecule has 0 bridgehead atoms. The van der Waals surface area contributed by atoms with E-state index in [0.717, 1.165) is 6.42 Å².